The summed E-state index contributed by atoms with van der Waals surface area (Å²) in [5, 5.41) is 1.97. The monoisotopic (exact) mass is 436 g/mol. The molecule has 1 saturated heterocycles. The van der Waals surface area contributed by atoms with Gasteiger partial charge in [0.1, 0.15) is 0 Å². The molecule has 1 aromatic heterocycles. The second-order valence-corrected chi connectivity index (χ2v) is 10.0. The van der Waals surface area contributed by atoms with Gasteiger partial charge in [-0.15, -0.1) is 11.3 Å². The number of benzene rings is 1. The van der Waals surface area contributed by atoms with Gasteiger partial charge in [0.05, 0.1) is 24.0 Å². The standard InChI is InChI=1S/C20H24N2O5S2/c1-26-17-6-5-15(13-18(17)27-2)29(24,25)22-10-8-21(9-11-22)20(23)19-16(7-12-28-19)14-3-4-14/h5-7,12-14H,3-4,8-11H2,1-2H3. The largest absolute Gasteiger partial charge is 0.493 e. The smallest absolute Gasteiger partial charge is 0.264 e. The maximum Gasteiger partial charge on any atom is 0.264 e. The Balaban J connectivity index is 1.46. The Kier molecular flexibility index (Phi) is 5.54. The van der Waals surface area contributed by atoms with Crippen LogP contribution < -0.4 is 9.47 Å². The lowest BCUT2D eigenvalue weighted by molar-refractivity contribution is 0.0701. The van der Waals surface area contributed by atoms with E-state index < -0.39 is 10.0 Å². The number of amides is 1. The van der Waals surface area contributed by atoms with Crippen molar-refractivity contribution in [2.24, 2.45) is 0 Å². The van der Waals surface area contributed by atoms with E-state index in [0.29, 0.717) is 30.5 Å². The number of piperazine rings is 1. The van der Waals surface area contributed by atoms with Crippen molar-refractivity contribution in [2.75, 3.05) is 40.4 Å². The Morgan fingerprint density at radius 2 is 1.72 bits per heavy atom. The summed E-state index contributed by atoms with van der Waals surface area (Å²) in [6.07, 6.45) is 2.29. The van der Waals surface area contributed by atoms with Gasteiger partial charge >= 0.3 is 0 Å². The maximum absolute atomic E-state index is 13.0. The van der Waals surface area contributed by atoms with Crippen LogP contribution in [0.1, 0.15) is 34.0 Å². The topological polar surface area (TPSA) is 76.2 Å². The first-order valence-electron chi connectivity index (χ1n) is 9.54. The molecule has 1 saturated carbocycles. The Morgan fingerprint density at radius 3 is 2.34 bits per heavy atom. The average molecular weight is 437 g/mol. The van der Waals surface area contributed by atoms with Gasteiger partial charge in [0.15, 0.2) is 11.5 Å². The third-order valence-electron chi connectivity index (χ3n) is 5.43. The van der Waals surface area contributed by atoms with Crippen molar-refractivity contribution in [3.63, 3.8) is 0 Å². The molecule has 1 aliphatic heterocycles. The first kappa shape index (κ1) is 20.2. The molecule has 29 heavy (non-hydrogen) atoms. The van der Waals surface area contributed by atoms with E-state index in [4.69, 9.17) is 9.47 Å². The minimum absolute atomic E-state index is 0.0186. The van der Waals surface area contributed by atoms with Gasteiger partial charge in [-0.1, -0.05) is 0 Å². The highest BCUT2D eigenvalue weighted by atomic mass is 32.2. The van der Waals surface area contributed by atoms with E-state index >= 15 is 0 Å². The van der Waals surface area contributed by atoms with Crippen LogP contribution in [0.5, 0.6) is 11.5 Å². The molecule has 0 spiro atoms. The van der Waals surface area contributed by atoms with E-state index in [-0.39, 0.29) is 23.9 Å². The molecule has 0 N–H and O–H groups in total. The van der Waals surface area contributed by atoms with Crippen molar-refractivity contribution in [3.8, 4) is 11.5 Å². The van der Waals surface area contributed by atoms with Gasteiger partial charge in [-0.2, -0.15) is 4.31 Å². The lowest BCUT2D eigenvalue weighted by Gasteiger charge is -2.34. The zero-order chi connectivity index (χ0) is 20.6. The predicted octanol–water partition coefficient (Wildman–Crippen LogP) is 2.79. The molecule has 0 radical (unpaired) electrons. The van der Waals surface area contributed by atoms with Gasteiger partial charge in [0.2, 0.25) is 10.0 Å². The first-order chi connectivity index (χ1) is 14.0. The van der Waals surface area contributed by atoms with Gasteiger partial charge in [-0.3, -0.25) is 4.79 Å². The Labute approximate surface area is 174 Å². The molecular weight excluding hydrogens is 412 g/mol. The number of hydrogen-bond donors (Lipinski definition) is 0. The third kappa shape index (κ3) is 3.86. The van der Waals surface area contributed by atoms with Gasteiger partial charge in [0, 0.05) is 32.2 Å². The molecule has 1 amide bonds. The van der Waals surface area contributed by atoms with Crippen molar-refractivity contribution >= 4 is 27.3 Å². The highest BCUT2D eigenvalue weighted by molar-refractivity contribution is 7.89. The fraction of sp³-hybridized carbons (Fsp3) is 0.450. The number of hydrogen-bond acceptors (Lipinski definition) is 6. The van der Waals surface area contributed by atoms with Crippen LogP contribution in [0.2, 0.25) is 0 Å². The summed E-state index contributed by atoms with van der Waals surface area (Å²) in [5.41, 5.74) is 1.15. The van der Waals surface area contributed by atoms with E-state index in [1.165, 1.54) is 42.0 Å². The lowest BCUT2D eigenvalue weighted by Crippen LogP contribution is -2.50. The van der Waals surface area contributed by atoms with Crippen molar-refractivity contribution in [2.45, 2.75) is 23.7 Å². The van der Waals surface area contributed by atoms with Crippen molar-refractivity contribution in [3.05, 3.63) is 40.1 Å². The molecule has 0 unspecified atom stereocenters. The van der Waals surface area contributed by atoms with Crippen LogP contribution in [0.15, 0.2) is 34.5 Å². The molecule has 7 nitrogen and oxygen atoms in total. The van der Waals surface area contributed by atoms with Crippen LogP contribution in [0.4, 0.5) is 0 Å². The molecule has 1 aliphatic carbocycles. The van der Waals surface area contributed by atoms with Gasteiger partial charge in [-0.25, -0.2) is 8.42 Å². The molecule has 9 heteroatoms. The number of thiophene rings is 1. The number of carbonyl (C=O) groups excluding carboxylic acids is 1. The molecule has 156 valence electrons. The number of ether oxygens (including phenoxy) is 2. The molecule has 2 aliphatic rings. The average Bonchev–Trinajstić information content (AvgIpc) is 3.48. The number of sulfonamides is 1. The maximum atomic E-state index is 13.0. The van der Waals surface area contributed by atoms with Crippen LogP contribution in [0, 0.1) is 0 Å². The highest BCUT2D eigenvalue weighted by Crippen LogP contribution is 2.43. The van der Waals surface area contributed by atoms with E-state index in [1.54, 1.807) is 11.0 Å². The summed E-state index contributed by atoms with van der Waals surface area (Å²) in [4.78, 5) is 15.7. The molecule has 2 fully saturated rings. The normalized spacial score (nSPS) is 17.9. The van der Waals surface area contributed by atoms with Crippen molar-refractivity contribution in [1.29, 1.82) is 0 Å². The second kappa shape index (κ2) is 7.97. The molecule has 0 atom stereocenters. The summed E-state index contributed by atoms with van der Waals surface area (Å²) in [7, 11) is -0.696. The van der Waals surface area contributed by atoms with E-state index in [2.05, 4.69) is 0 Å². The molecular formula is C20H24N2O5S2. The fourth-order valence-electron chi connectivity index (χ4n) is 3.61. The van der Waals surface area contributed by atoms with Crippen molar-refractivity contribution in [1.82, 2.24) is 9.21 Å². The summed E-state index contributed by atoms with van der Waals surface area (Å²) in [5.74, 6) is 1.38. The number of carbonyl (C=O) groups is 1. The fourth-order valence-corrected chi connectivity index (χ4v) is 6.00. The first-order valence-corrected chi connectivity index (χ1v) is 11.9. The molecule has 4 rings (SSSR count). The zero-order valence-electron chi connectivity index (χ0n) is 16.5. The van der Waals surface area contributed by atoms with E-state index in [1.807, 2.05) is 11.4 Å². The van der Waals surface area contributed by atoms with E-state index in [9.17, 15) is 13.2 Å². The summed E-state index contributed by atoms with van der Waals surface area (Å²) < 4.78 is 37.9. The summed E-state index contributed by atoms with van der Waals surface area (Å²) in [6, 6.07) is 6.62. The molecule has 2 heterocycles. The van der Waals surface area contributed by atoms with Crippen LogP contribution in [-0.2, 0) is 10.0 Å². The van der Waals surface area contributed by atoms with Crippen molar-refractivity contribution < 1.29 is 22.7 Å². The van der Waals surface area contributed by atoms with Gasteiger partial charge < -0.3 is 14.4 Å². The zero-order valence-corrected chi connectivity index (χ0v) is 18.1. The quantitative estimate of drug-likeness (QED) is 0.696. The van der Waals surface area contributed by atoms with Crippen LogP contribution >= 0.6 is 11.3 Å². The van der Waals surface area contributed by atoms with Crippen LogP contribution in [-0.4, -0.2) is 63.9 Å². The molecule has 2 aromatic rings. The highest BCUT2D eigenvalue weighted by Gasteiger charge is 2.34. The minimum Gasteiger partial charge on any atom is -0.493 e. The third-order valence-corrected chi connectivity index (χ3v) is 8.24. The number of nitrogens with zero attached hydrogens (tertiary/aromatic N) is 2. The van der Waals surface area contributed by atoms with Gasteiger partial charge in [-0.05, 0) is 47.9 Å². The van der Waals surface area contributed by atoms with Crippen LogP contribution in [0.25, 0.3) is 0 Å². The Morgan fingerprint density at radius 1 is 1.03 bits per heavy atom. The SMILES string of the molecule is COc1ccc(S(=O)(=O)N2CCN(C(=O)c3sccc3C3CC3)CC2)cc1OC. The Hall–Kier alpha value is -2.10. The second-order valence-electron chi connectivity index (χ2n) is 7.19. The number of methoxy groups -OCH3 is 2. The summed E-state index contributed by atoms with van der Waals surface area (Å²) in [6.45, 7) is 1.31. The van der Waals surface area contributed by atoms with Crippen LogP contribution in [0.3, 0.4) is 0 Å². The number of rotatable bonds is 6. The predicted molar refractivity (Wildman–Crippen MR) is 111 cm³/mol. The Bertz CT molecular complexity index is 1010. The molecule has 1 aromatic carbocycles. The van der Waals surface area contributed by atoms with Gasteiger partial charge in [0.25, 0.3) is 5.91 Å². The molecule has 0 bridgehead atoms. The lowest BCUT2D eigenvalue weighted by atomic mass is 10.1. The van der Waals surface area contributed by atoms with E-state index in [0.717, 1.165) is 23.3 Å². The minimum atomic E-state index is -3.67. The summed E-state index contributed by atoms with van der Waals surface area (Å²) >= 11 is 1.48.